The molecular weight excluding hydrogens is 432 g/mol. The summed E-state index contributed by atoms with van der Waals surface area (Å²) >= 11 is 1.58. The van der Waals surface area contributed by atoms with Crippen molar-refractivity contribution in [2.24, 2.45) is 0 Å². The molecule has 0 saturated heterocycles. The SMILES string of the molecule is CCCCNC(=O)c1c(C)c(-c2csc(-c3ccc(OC)cc3)n2)n(-c2ccccn2)c1C. The molecule has 6 nitrogen and oxygen atoms in total. The van der Waals surface area contributed by atoms with E-state index in [1.807, 2.05) is 66.3 Å². The summed E-state index contributed by atoms with van der Waals surface area (Å²) in [5.74, 6) is 1.52. The normalized spacial score (nSPS) is 10.9. The van der Waals surface area contributed by atoms with Crippen molar-refractivity contribution in [1.29, 1.82) is 0 Å². The predicted molar refractivity (Wildman–Crippen MR) is 133 cm³/mol. The molecule has 3 aromatic heterocycles. The van der Waals surface area contributed by atoms with Crippen LogP contribution in [0.15, 0.2) is 54.0 Å². The zero-order valence-corrected chi connectivity index (χ0v) is 20.2. The monoisotopic (exact) mass is 460 g/mol. The van der Waals surface area contributed by atoms with Crippen molar-refractivity contribution in [3.05, 3.63) is 70.9 Å². The Morgan fingerprint density at radius 1 is 1.15 bits per heavy atom. The Morgan fingerprint density at radius 3 is 2.61 bits per heavy atom. The van der Waals surface area contributed by atoms with Crippen LogP contribution in [0.3, 0.4) is 0 Å². The van der Waals surface area contributed by atoms with Crippen molar-refractivity contribution in [2.45, 2.75) is 33.6 Å². The van der Waals surface area contributed by atoms with Gasteiger partial charge < -0.3 is 10.1 Å². The third-order valence-corrected chi connectivity index (χ3v) is 6.55. The van der Waals surface area contributed by atoms with E-state index in [0.717, 1.165) is 57.6 Å². The minimum absolute atomic E-state index is 0.0556. The number of thiazole rings is 1. The number of ether oxygens (including phenoxy) is 1. The maximum Gasteiger partial charge on any atom is 0.253 e. The van der Waals surface area contributed by atoms with Crippen molar-refractivity contribution in [3.63, 3.8) is 0 Å². The summed E-state index contributed by atoms with van der Waals surface area (Å²) in [6.07, 6.45) is 3.75. The number of aromatic nitrogens is 3. The zero-order valence-electron chi connectivity index (χ0n) is 19.4. The van der Waals surface area contributed by atoms with Gasteiger partial charge in [-0.05, 0) is 62.2 Å². The van der Waals surface area contributed by atoms with Crippen LogP contribution < -0.4 is 10.1 Å². The van der Waals surface area contributed by atoms with E-state index in [9.17, 15) is 4.79 Å². The average Bonchev–Trinajstić information content (AvgIpc) is 3.42. The molecule has 4 aromatic rings. The van der Waals surface area contributed by atoms with Crippen molar-refractivity contribution in [3.8, 4) is 33.5 Å². The molecule has 0 aliphatic carbocycles. The molecule has 0 bridgehead atoms. The van der Waals surface area contributed by atoms with Crippen molar-refractivity contribution < 1.29 is 9.53 Å². The van der Waals surface area contributed by atoms with Crippen LogP contribution in [-0.4, -0.2) is 34.1 Å². The number of amides is 1. The molecule has 170 valence electrons. The predicted octanol–water partition coefficient (Wildman–Crippen LogP) is 5.82. The van der Waals surface area contributed by atoms with Crippen LogP contribution in [0, 0.1) is 13.8 Å². The van der Waals surface area contributed by atoms with E-state index in [1.165, 1.54) is 0 Å². The number of hydrogen-bond donors (Lipinski definition) is 1. The highest BCUT2D eigenvalue weighted by Crippen LogP contribution is 2.36. The number of carbonyl (C=O) groups excluding carboxylic acids is 1. The second-order valence-electron chi connectivity index (χ2n) is 7.83. The van der Waals surface area contributed by atoms with Gasteiger partial charge in [-0.15, -0.1) is 11.3 Å². The zero-order chi connectivity index (χ0) is 23.4. The number of nitrogens with zero attached hydrogens (tertiary/aromatic N) is 3. The maximum atomic E-state index is 13.1. The van der Waals surface area contributed by atoms with Crippen LogP contribution in [0.25, 0.3) is 27.8 Å². The first-order chi connectivity index (χ1) is 16.0. The molecule has 3 heterocycles. The Labute approximate surface area is 198 Å². The number of unbranched alkanes of at least 4 members (excludes halogenated alkanes) is 1. The maximum absolute atomic E-state index is 13.1. The molecular formula is C26H28N4O2S. The molecule has 0 saturated carbocycles. The number of methoxy groups -OCH3 is 1. The quantitative estimate of drug-likeness (QED) is 0.337. The van der Waals surface area contributed by atoms with Gasteiger partial charge in [-0.1, -0.05) is 19.4 Å². The van der Waals surface area contributed by atoms with Gasteiger partial charge in [-0.3, -0.25) is 9.36 Å². The van der Waals surface area contributed by atoms with Crippen LogP contribution in [0.5, 0.6) is 5.75 Å². The highest BCUT2D eigenvalue weighted by atomic mass is 32.1. The summed E-state index contributed by atoms with van der Waals surface area (Å²) in [5, 5.41) is 6.02. The first-order valence-electron chi connectivity index (χ1n) is 11.1. The third kappa shape index (κ3) is 4.54. The fourth-order valence-electron chi connectivity index (χ4n) is 3.97. The molecule has 0 fully saturated rings. The first-order valence-corrected chi connectivity index (χ1v) is 11.9. The Kier molecular flexibility index (Phi) is 6.89. The molecule has 7 heteroatoms. The van der Waals surface area contributed by atoms with Gasteiger partial charge in [0, 0.05) is 29.4 Å². The highest BCUT2D eigenvalue weighted by molar-refractivity contribution is 7.13. The molecule has 0 aliphatic rings. The average molecular weight is 461 g/mol. The highest BCUT2D eigenvalue weighted by Gasteiger charge is 2.26. The van der Waals surface area contributed by atoms with Gasteiger partial charge in [0.1, 0.15) is 16.6 Å². The molecule has 0 atom stereocenters. The molecule has 33 heavy (non-hydrogen) atoms. The van der Waals surface area contributed by atoms with Crippen molar-refractivity contribution in [2.75, 3.05) is 13.7 Å². The minimum atomic E-state index is -0.0556. The summed E-state index contributed by atoms with van der Waals surface area (Å²) in [6.45, 7) is 6.73. The number of hydrogen-bond acceptors (Lipinski definition) is 5. The van der Waals surface area contributed by atoms with Gasteiger partial charge in [0.05, 0.1) is 24.1 Å². The number of rotatable bonds is 8. The molecule has 1 N–H and O–H groups in total. The Balaban J connectivity index is 1.81. The van der Waals surface area contributed by atoms with E-state index in [1.54, 1.807) is 24.6 Å². The number of pyridine rings is 1. The van der Waals surface area contributed by atoms with Crippen molar-refractivity contribution >= 4 is 17.2 Å². The third-order valence-electron chi connectivity index (χ3n) is 5.66. The van der Waals surface area contributed by atoms with E-state index >= 15 is 0 Å². The number of benzene rings is 1. The van der Waals surface area contributed by atoms with Crippen LogP contribution in [0.2, 0.25) is 0 Å². The van der Waals surface area contributed by atoms with Crippen LogP contribution in [0.1, 0.15) is 41.4 Å². The summed E-state index contributed by atoms with van der Waals surface area (Å²) in [4.78, 5) is 22.6. The lowest BCUT2D eigenvalue weighted by Gasteiger charge is -2.10. The topological polar surface area (TPSA) is 69.0 Å². The van der Waals surface area contributed by atoms with E-state index in [4.69, 9.17) is 9.72 Å². The molecule has 0 aliphatic heterocycles. The Bertz CT molecular complexity index is 1240. The van der Waals surface area contributed by atoms with E-state index in [2.05, 4.69) is 17.2 Å². The largest absolute Gasteiger partial charge is 0.497 e. The molecule has 1 aromatic carbocycles. The molecule has 0 spiro atoms. The smallest absolute Gasteiger partial charge is 0.253 e. The van der Waals surface area contributed by atoms with Gasteiger partial charge >= 0.3 is 0 Å². The van der Waals surface area contributed by atoms with E-state index in [-0.39, 0.29) is 5.91 Å². The summed E-state index contributed by atoms with van der Waals surface area (Å²) in [6, 6.07) is 13.7. The lowest BCUT2D eigenvalue weighted by Crippen LogP contribution is -2.25. The first kappa shape index (κ1) is 22.7. The fourth-order valence-corrected chi connectivity index (χ4v) is 4.78. The number of nitrogens with one attached hydrogen (secondary N) is 1. The van der Waals surface area contributed by atoms with Gasteiger partial charge in [-0.2, -0.15) is 0 Å². The van der Waals surface area contributed by atoms with E-state index in [0.29, 0.717) is 12.1 Å². The van der Waals surface area contributed by atoms with Crippen LogP contribution in [0.4, 0.5) is 0 Å². The van der Waals surface area contributed by atoms with E-state index < -0.39 is 0 Å². The number of carbonyl (C=O) groups is 1. The van der Waals surface area contributed by atoms with Gasteiger partial charge in [0.15, 0.2) is 0 Å². The molecule has 4 rings (SSSR count). The minimum Gasteiger partial charge on any atom is -0.497 e. The summed E-state index contributed by atoms with van der Waals surface area (Å²) < 4.78 is 7.31. The van der Waals surface area contributed by atoms with Gasteiger partial charge in [0.2, 0.25) is 0 Å². The van der Waals surface area contributed by atoms with Crippen molar-refractivity contribution in [1.82, 2.24) is 19.9 Å². The molecule has 1 amide bonds. The van der Waals surface area contributed by atoms with Crippen LogP contribution in [-0.2, 0) is 0 Å². The second-order valence-corrected chi connectivity index (χ2v) is 8.69. The van der Waals surface area contributed by atoms with Crippen LogP contribution >= 0.6 is 11.3 Å². The molecule has 0 radical (unpaired) electrons. The van der Waals surface area contributed by atoms with Gasteiger partial charge in [-0.25, -0.2) is 9.97 Å². The molecule has 0 unspecified atom stereocenters. The fraction of sp³-hybridized carbons (Fsp3) is 0.269. The Hall–Kier alpha value is -3.45. The second kappa shape index (κ2) is 10.0. The lowest BCUT2D eigenvalue weighted by atomic mass is 10.1. The summed E-state index contributed by atoms with van der Waals surface area (Å²) in [5.41, 5.74) is 5.18. The Morgan fingerprint density at radius 2 is 1.94 bits per heavy atom. The van der Waals surface area contributed by atoms with Gasteiger partial charge in [0.25, 0.3) is 5.91 Å². The lowest BCUT2D eigenvalue weighted by molar-refractivity contribution is 0.0952. The summed E-state index contributed by atoms with van der Waals surface area (Å²) in [7, 11) is 1.66. The standard InChI is InChI=1S/C26H28N4O2S/c1-5-6-14-28-25(31)23-17(2)24(30(18(23)3)22-9-7-8-15-27-22)21-16-33-26(29-21)19-10-12-20(32-4)13-11-19/h7-13,15-16H,5-6,14H2,1-4H3,(H,28,31).